The van der Waals surface area contributed by atoms with Gasteiger partial charge in [0.05, 0.1) is 36.6 Å². The number of methoxy groups -OCH3 is 2. The SMILES string of the molecule is CCOCCn1c(=NC(=O)c2cccc(OC)c2OC)sc2cc(Cl)ccc21. The van der Waals surface area contributed by atoms with Crippen molar-refractivity contribution in [1.82, 2.24) is 4.57 Å². The van der Waals surface area contributed by atoms with Gasteiger partial charge in [-0.05, 0) is 37.3 Å². The first-order valence-corrected chi connectivity index (χ1v) is 9.95. The van der Waals surface area contributed by atoms with Crippen LogP contribution in [0.3, 0.4) is 0 Å². The van der Waals surface area contributed by atoms with Gasteiger partial charge in [-0.2, -0.15) is 4.99 Å². The van der Waals surface area contributed by atoms with E-state index in [0.29, 0.717) is 46.6 Å². The summed E-state index contributed by atoms with van der Waals surface area (Å²) in [6.07, 6.45) is 0. The predicted molar refractivity (Wildman–Crippen MR) is 111 cm³/mol. The van der Waals surface area contributed by atoms with Gasteiger partial charge in [0.25, 0.3) is 5.91 Å². The molecule has 1 heterocycles. The standard InChI is InChI=1S/C20H21ClN2O4S/c1-4-27-11-10-23-15-9-8-13(21)12-17(15)28-20(23)22-19(24)14-6-5-7-16(25-2)18(14)26-3/h5-9,12H,4,10-11H2,1-3H3. The number of para-hydroxylation sites is 1. The third-order valence-electron chi connectivity index (χ3n) is 4.14. The fraction of sp³-hybridized carbons (Fsp3) is 0.300. The Labute approximate surface area is 171 Å². The first-order valence-electron chi connectivity index (χ1n) is 8.75. The highest BCUT2D eigenvalue weighted by molar-refractivity contribution is 7.16. The first kappa shape index (κ1) is 20.4. The number of rotatable bonds is 7. The number of hydrogen-bond donors (Lipinski definition) is 0. The average Bonchev–Trinajstić information content (AvgIpc) is 3.03. The van der Waals surface area contributed by atoms with Gasteiger partial charge in [0.1, 0.15) is 0 Å². The maximum atomic E-state index is 12.9. The van der Waals surface area contributed by atoms with Crippen molar-refractivity contribution in [3.63, 3.8) is 0 Å². The topological polar surface area (TPSA) is 62.1 Å². The fourth-order valence-electron chi connectivity index (χ4n) is 2.85. The first-order chi connectivity index (χ1) is 13.6. The molecule has 1 aromatic heterocycles. The van der Waals surface area contributed by atoms with Crippen LogP contribution in [-0.2, 0) is 11.3 Å². The molecule has 0 radical (unpaired) electrons. The van der Waals surface area contributed by atoms with Gasteiger partial charge in [-0.15, -0.1) is 0 Å². The fourth-order valence-corrected chi connectivity index (χ4v) is 4.18. The highest BCUT2D eigenvalue weighted by Crippen LogP contribution is 2.31. The Bertz CT molecular complexity index is 1060. The summed E-state index contributed by atoms with van der Waals surface area (Å²) in [6.45, 7) is 3.67. The lowest BCUT2D eigenvalue weighted by molar-refractivity contribution is 0.0993. The number of amides is 1. The monoisotopic (exact) mass is 420 g/mol. The van der Waals surface area contributed by atoms with E-state index >= 15 is 0 Å². The van der Waals surface area contributed by atoms with Gasteiger partial charge in [-0.1, -0.05) is 29.0 Å². The van der Waals surface area contributed by atoms with E-state index in [4.69, 9.17) is 25.8 Å². The third kappa shape index (κ3) is 4.22. The molecule has 8 heteroatoms. The Kier molecular flexibility index (Phi) is 6.72. The molecular formula is C20H21ClN2O4S. The number of benzene rings is 2. The molecule has 0 atom stereocenters. The molecule has 28 heavy (non-hydrogen) atoms. The minimum Gasteiger partial charge on any atom is -0.493 e. The smallest absolute Gasteiger partial charge is 0.283 e. The summed E-state index contributed by atoms with van der Waals surface area (Å²) >= 11 is 7.53. The lowest BCUT2D eigenvalue weighted by atomic mass is 10.2. The summed E-state index contributed by atoms with van der Waals surface area (Å²) < 4.78 is 19.0. The van der Waals surface area contributed by atoms with Gasteiger partial charge in [-0.3, -0.25) is 4.79 Å². The molecule has 1 amide bonds. The van der Waals surface area contributed by atoms with Crippen LogP contribution in [0.4, 0.5) is 0 Å². The summed E-state index contributed by atoms with van der Waals surface area (Å²) in [5.74, 6) is 0.443. The number of aromatic nitrogens is 1. The van der Waals surface area contributed by atoms with Crippen molar-refractivity contribution in [3.05, 3.63) is 51.8 Å². The normalized spacial score (nSPS) is 11.8. The van der Waals surface area contributed by atoms with Crippen molar-refractivity contribution < 1.29 is 19.0 Å². The van der Waals surface area contributed by atoms with Gasteiger partial charge >= 0.3 is 0 Å². The van der Waals surface area contributed by atoms with E-state index in [2.05, 4.69) is 4.99 Å². The van der Waals surface area contributed by atoms with Crippen LogP contribution in [0.1, 0.15) is 17.3 Å². The number of ether oxygens (including phenoxy) is 3. The predicted octanol–water partition coefficient (Wildman–Crippen LogP) is 4.15. The molecule has 3 rings (SSSR count). The second-order valence-electron chi connectivity index (χ2n) is 5.80. The van der Waals surface area contributed by atoms with Crippen LogP contribution in [0.5, 0.6) is 11.5 Å². The molecule has 2 aromatic carbocycles. The van der Waals surface area contributed by atoms with Crippen molar-refractivity contribution in [2.45, 2.75) is 13.5 Å². The largest absolute Gasteiger partial charge is 0.493 e. The van der Waals surface area contributed by atoms with E-state index < -0.39 is 5.91 Å². The second-order valence-corrected chi connectivity index (χ2v) is 7.25. The lowest BCUT2D eigenvalue weighted by Crippen LogP contribution is -2.20. The number of fused-ring (bicyclic) bond motifs is 1. The van der Waals surface area contributed by atoms with E-state index in [1.807, 2.05) is 29.7 Å². The average molecular weight is 421 g/mol. The zero-order valence-corrected chi connectivity index (χ0v) is 17.5. The van der Waals surface area contributed by atoms with Crippen LogP contribution in [0.15, 0.2) is 41.4 Å². The molecule has 0 saturated carbocycles. The van der Waals surface area contributed by atoms with Crippen molar-refractivity contribution in [2.24, 2.45) is 4.99 Å². The number of hydrogen-bond acceptors (Lipinski definition) is 5. The molecule has 0 spiro atoms. The van der Waals surface area contributed by atoms with Crippen LogP contribution in [0.2, 0.25) is 5.02 Å². The van der Waals surface area contributed by atoms with Crippen molar-refractivity contribution in [1.29, 1.82) is 0 Å². The van der Waals surface area contributed by atoms with E-state index in [-0.39, 0.29) is 0 Å². The van der Waals surface area contributed by atoms with Gasteiger partial charge < -0.3 is 18.8 Å². The van der Waals surface area contributed by atoms with E-state index in [0.717, 1.165) is 10.2 Å². The Morgan fingerprint density at radius 3 is 2.75 bits per heavy atom. The minimum absolute atomic E-state index is 0.341. The summed E-state index contributed by atoms with van der Waals surface area (Å²) in [6, 6.07) is 10.8. The number of halogens is 1. The van der Waals surface area contributed by atoms with Crippen molar-refractivity contribution in [3.8, 4) is 11.5 Å². The van der Waals surface area contributed by atoms with Crippen LogP contribution in [-0.4, -0.2) is 37.9 Å². The summed E-state index contributed by atoms with van der Waals surface area (Å²) in [5.41, 5.74) is 1.30. The van der Waals surface area contributed by atoms with E-state index in [1.54, 1.807) is 18.2 Å². The summed E-state index contributed by atoms with van der Waals surface area (Å²) in [7, 11) is 3.03. The quantitative estimate of drug-likeness (QED) is 0.538. The van der Waals surface area contributed by atoms with Crippen LogP contribution < -0.4 is 14.3 Å². The Hall–Kier alpha value is -2.35. The molecule has 0 fully saturated rings. The summed E-state index contributed by atoms with van der Waals surface area (Å²) in [4.78, 5) is 17.9. The number of carbonyl (C=O) groups excluding carboxylic acids is 1. The second kappa shape index (κ2) is 9.23. The zero-order valence-electron chi connectivity index (χ0n) is 15.9. The number of nitrogens with zero attached hydrogens (tertiary/aromatic N) is 2. The van der Waals surface area contributed by atoms with Crippen molar-refractivity contribution >= 4 is 39.1 Å². The van der Waals surface area contributed by atoms with Gasteiger partial charge in [0.2, 0.25) is 0 Å². The van der Waals surface area contributed by atoms with Crippen LogP contribution in [0, 0.1) is 0 Å². The Balaban J connectivity index is 2.10. The molecule has 0 saturated heterocycles. The molecule has 3 aromatic rings. The molecule has 0 unspecified atom stereocenters. The molecule has 0 bridgehead atoms. The zero-order chi connectivity index (χ0) is 20.1. The number of thiazole rings is 1. The Morgan fingerprint density at radius 1 is 1.21 bits per heavy atom. The molecule has 148 valence electrons. The molecule has 0 N–H and O–H groups in total. The van der Waals surface area contributed by atoms with E-state index in [1.165, 1.54) is 25.6 Å². The van der Waals surface area contributed by atoms with Gasteiger partial charge in [0.15, 0.2) is 16.3 Å². The van der Waals surface area contributed by atoms with Crippen LogP contribution in [0.25, 0.3) is 10.2 Å². The number of carbonyl (C=O) groups is 1. The van der Waals surface area contributed by atoms with Gasteiger partial charge in [-0.25, -0.2) is 0 Å². The summed E-state index contributed by atoms with van der Waals surface area (Å²) in [5, 5.41) is 0.637. The maximum absolute atomic E-state index is 12.9. The minimum atomic E-state index is -0.404. The van der Waals surface area contributed by atoms with Gasteiger partial charge in [0, 0.05) is 18.2 Å². The highest BCUT2D eigenvalue weighted by atomic mass is 35.5. The molecule has 0 aliphatic rings. The van der Waals surface area contributed by atoms with E-state index in [9.17, 15) is 4.79 Å². The third-order valence-corrected chi connectivity index (χ3v) is 5.41. The molecule has 0 aliphatic heterocycles. The Morgan fingerprint density at radius 2 is 2.04 bits per heavy atom. The van der Waals surface area contributed by atoms with Crippen LogP contribution >= 0.6 is 22.9 Å². The highest BCUT2D eigenvalue weighted by Gasteiger charge is 2.17. The van der Waals surface area contributed by atoms with Crippen molar-refractivity contribution in [2.75, 3.05) is 27.4 Å². The lowest BCUT2D eigenvalue weighted by Gasteiger charge is -2.10. The molecule has 6 nitrogen and oxygen atoms in total. The molecule has 0 aliphatic carbocycles. The maximum Gasteiger partial charge on any atom is 0.283 e. The molecular weight excluding hydrogens is 400 g/mol.